The van der Waals surface area contributed by atoms with Gasteiger partial charge >= 0.3 is 0 Å². The molecule has 1 aliphatic carbocycles. The highest BCUT2D eigenvalue weighted by molar-refractivity contribution is 7.88. The van der Waals surface area contributed by atoms with Gasteiger partial charge in [-0.15, -0.1) is 0 Å². The van der Waals surface area contributed by atoms with Gasteiger partial charge in [-0.05, 0) is 41.9 Å². The van der Waals surface area contributed by atoms with Crippen LogP contribution < -0.4 is 15.8 Å². The number of hydrogen-bond acceptors (Lipinski definition) is 5. The van der Waals surface area contributed by atoms with E-state index < -0.39 is 21.6 Å². The molecule has 2 fully saturated rings. The number of carbonyl (C=O) groups excluding carboxylic acids is 2. The summed E-state index contributed by atoms with van der Waals surface area (Å²) in [4.78, 5) is 29.1. The van der Waals surface area contributed by atoms with Crippen molar-refractivity contribution >= 4 is 27.7 Å². The van der Waals surface area contributed by atoms with Gasteiger partial charge < -0.3 is 16.0 Å². The number of amidine groups is 1. The van der Waals surface area contributed by atoms with Crippen molar-refractivity contribution in [3.05, 3.63) is 107 Å². The highest BCUT2D eigenvalue weighted by Gasteiger charge is 2.68. The van der Waals surface area contributed by atoms with Crippen molar-refractivity contribution in [2.45, 2.75) is 43.1 Å². The van der Waals surface area contributed by atoms with E-state index >= 15 is 0 Å². The molecule has 2 aliphatic rings. The summed E-state index contributed by atoms with van der Waals surface area (Å²) >= 11 is 0. The number of nitrogen functional groups attached to an aromatic ring is 1. The number of fused-ring (bicyclic) bond motifs is 1. The maximum atomic E-state index is 14.0. The number of benzene rings is 3. The van der Waals surface area contributed by atoms with E-state index in [4.69, 9.17) is 11.1 Å². The van der Waals surface area contributed by atoms with Crippen molar-refractivity contribution in [3.8, 4) is 0 Å². The molecular weight excluding hydrogens is 526 g/mol. The molecule has 10 heteroatoms. The molecule has 9 nitrogen and oxygen atoms in total. The maximum Gasteiger partial charge on any atom is 0.246 e. The molecule has 0 radical (unpaired) electrons. The number of carbonyl (C=O) groups is 2. The van der Waals surface area contributed by atoms with Crippen molar-refractivity contribution in [2.75, 3.05) is 6.54 Å². The average molecular weight is 560 g/mol. The molecule has 5 rings (SSSR count). The normalized spacial score (nSPS) is 20.4. The minimum atomic E-state index is -3.85. The standard InChI is InChI=1S/C30H33N5O4S/c31-27(32)24-13-11-22(12-14-24)19-33-29(37)30-18-25(30)15-16-35(30)28(36)26(17-21-7-3-1-4-8-21)34-40(38,39)20-23-9-5-2-6-10-23/h1-14,25-26,34H,15-20H2,(H3,31,32)(H,33,37)/t25-,26+,30+/m1/s1. The number of hydrogen-bond donors (Lipinski definition) is 4. The van der Waals surface area contributed by atoms with Gasteiger partial charge in [-0.3, -0.25) is 15.0 Å². The Balaban J connectivity index is 1.32. The first-order valence-corrected chi connectivity index (χ1v) is 14.9. The fourth-order valence-corrected chi connectivity index (χ4v) is 6.92. The first-order chi connectivity index (χ1) is 19.2. The summed E-state index contributed by atoms with van der Waals surface area (Å²) in [7, 11) is -3.85. The Labute approximate surface area is 234 Å². The number of nitrogens with two attached hydrogens (primary N) is 1. The first kappa shape index (κ1) is 27.5. The number of nitrogens with zero attached hydrogens (tertiary/aromatic N) is 1. The number of amides is 2. The predicted octanol–water partition coefficient (Wildman–Crippen LogP) is 2.31. The zero-order valence-electron chi connectivity index (χ0n) is 22.0. The zero-order chi connectivity index (χ0) is 28.3. The molecule has 1 heterocycles. The Morgan fingerprint density at radius 2 is 1.57 bits per heavy atom. The van der Waals surface area contributed by atoms with Gasteiger partial charge in [0.05, 0.1) is 5.75 Å². The SMILES string of the molecule is N=C(N)c1ccc(CNC(=O)[C@]23C[C@H]2CCN3C(=O)[C@H](Cc2ccccc2)NS(=O)(=O)Cc2ccccc2)cc1. The van der Waals surface area contributed by atoms with E-state index in [0.29, 0.717) is 30.5 Å². The summed E-state index contributed by atoms with van der Waals surface area (Å²) in [6.45, 7) is 0.667. The number of rotatable bonds is 11. The third kappa shape index (κ3) is 5.93. The van der Waals surface area contributed by atoms with Crippen LogP contribution in [-0.4, -0.2) is 49.1 Å². The lowest BCUT2D eigenvalue weighted by atomic mass is 10.0. The van der Waals surface area contributed by atoms with Crippen molar-refractivity contribution < 1.29 is 18.0 Å². The lowest BCUT2D eigenvalue weighted by Crippen LogP contribution is -2.56. The minimum absolute atomic E-state index is 0.0279. The molecule has 2 amide bonds. The second kappa shape index (κ2) is 11.2. The molecule has 0 aromatic heterocycles. The number of sulfonamides is 1. The Bertz CT molecular complexity index is 1500. The smallest absolute Gasteiger partial charge is 0.246 e. The van der Waals surface area contributed by atoms with Crippen LogP contribution in [0.2, 0.25) is 0 Å². The van der Waals surface area contributed by atoms with Crippen molar-refractivity contribution in [3.63, 3.8) is 0 Å². The summed E-state index contributed by atoms with van der Waals surface area (Å²) in [5.74, 6) is -0.843. The van der Waals surface area contributed by atoms with Crippen LogP contribution in [-0.2, 0) is 38.3 Å². The van der Waals surface area contributed by atoms with E-state index in [9.17, 15) is 18.0 Å². The lowest BCUT2D eigenvalue weighted by Gasteiger charge is -2.31. The largest absolute Gasteiger partial charge is 0.384 e. The van der Waals surface area contributed by atoms with Crippen LogP contribution in [0.3, 0.4) is 0 Å². The van der Waals surface area contributed by atoms with Crippen LogP contribution >= 0.6 is 0 Å². The minimum Gasteiger partial charge on any atom is -0.384 e. The fourth-order valence-electron chi connectivity index (χ4n) is 5.59. The van der Waals surface area contributed by atoms with Crippen LogP contribution in [0.4, 0.5) is 0 Å². The topological polar surface area (TPSA) is 145 Å². The maximum absolute atomic E-state index is 14.0. The van der Waals surface area contributed by atoms with Crippen LogP contribution in [0.1, 0.15) is 35.1 Å². The number of nitrogens with one attached hydrogen (secondary N) is 3. The quantitative estimate of drug-likeness (QED) is 0.210. The summed E-state index contributed by atoms with van der Waals surface area (Å²) in [5.41, 5.74) is 7.44. The Kier molecular flexibility index (Phi) is 7.73. The molecule has 0 bridgehead atoms. The van der Waals surface area contributed by atoms with Crippen LogP contribution in [0, 0.1) is 11.3 Å². The second-order valence-corrected chi connectivity index (χ2v) is 12.3. The summed E-state index contributed by atoms with van der Waals surface area (Å²) in [5, 5.41) is 10.5. The fraction of sp³-hybridized carbons (Fsp3) is 0.300. The lowest BCUT2D eigenvalue weighted by molar-refractivity contribution is -0.142. The van der Waals surface area contributed by atoms with Gasteiger partial charge in [0.25, 0.3) is 0 Å². The van der Waals surface area contributed by atoms with E-state index in [1.54, 1.807) is 53.4 Å². The first-order valence-electron chi connectivity index (χ1n) is 13.3. The van der Waals surface area contributed by atoms with E-state index in [0.717, 1.165) is 11.1 Å². The van der Waals surface area contributed by atoms with Gasteiger partial charge in [0, 0.05) is 18.7 Å². The number of piperidine rings is 1. The molecule has 208 valence electrons. The third-order valence-corrected chi connectivity index (χ3v) is 9.09. The van der Waals surface area contributed by atoms with Gasteiger partial charge in [-0.2, -0.15) is 0 Å². The van der Waals surface area contributed by atoms with Crippen LogP contribution in [0.25, 0.3) is 0 Å². The second-order valence-electron chi connectivity index (χ2n) is 10.5. The van der Waals surface area contributed by atoms with Gasteiger partial charge in [-0.1, -0.05) is 84.9 Å². The molecular formula is C30H33N5O4S. The van der Waals surface area contributed by atoms with Gasteiger partial charge in [0.15, 0.2) is 0 Å². The summed E-state index contributed by atoms with van der Waals surface area (Å²) in [6.07, 6.45) is 1.43. The molecule has 3 aromatic rings. The van der Waals surface area contributed by atoms with Crippen molar-refractivity contribution in [1.82, 2.24) is 14.9 Å². The van der Waals surface area contributed by atoms with Gasteiger partial charge in [-0.25, -0.2) is 13.1 Å². The molecule has 0 spiro atoms. The van der Waals surface area contributed by atoms with E-state index in [1.807, 2.05) is 36.4 Å². The zero-order valence-corrected chi connectivity index (χ0v) is 22.9. The highest BCUT2D eigenvalue weighted by atomic mass is 32.2. The van der Waals surface area contributed by atoms with Gasteiger partial charge in [0.1, 0.15) is 17.4 Å². The molecule has 3 atom stereocenters. The van der Waals surface area contributed by atoms with E-state index in [-0.39, 0.29) is 42.3 Å². The average Bonchev–Trinajstić information content (AvgIpc) is 3.56. The van der Waals surface area contributed by atoms with E-state index in [2.05, 4.69) is 10.0 Å². The van der Waals surface area contributed by atoms with Gasteiger partial charge in [0.2, 0.25) is 21.8 Å². The van der Waals surface area contributed by atoms with Crippen molar-refractivity contribution in [2.24, 2.45) is 11.7 Å². The predicted molar refractivity (Wildman–Crippen MR) is 153 cm³/mol. The molecule has 0 unspecified atom stereocenters. The molecule has 40 heavy (non-hydrogen) atoms. The van der Waals surface area contributed by atoms with E-state index in [1.165, 1.54) is 0 Å². The summed E-state index contributed by atoms with van der Waals surface area (Å²) < 4.78 is 29.0. The number of likely N-dealkylation sites (tertiary alicyclic amines) is 1. The highest BCUT2D eigenvalue weighted by Crippen LogP contribution is 2.56. The van der Waals surface area contributed by atoms with Crippen molar-refractivity contribution in [1.29, 1.82) is 5.41 Å². The van der Waals surface area contributed by atoms with Crippen LogP contribution in [0.15, 0.2) is 84.9 Å². The Morgan fingerprint density at radius 1 is 0.950 bits per heavy atom. The monoisotopic (exact) mass is 559 g/mol. The molecule has 1 saturated heterocycles. The Hall–Kier alpha value is -4.02. The summed E-state index contributed by atoms with van der Waals surface area (Å²) in [6, 6.07) is 24.1. The Morgan fingerprint density at radius 3 is 2.17 bits per heavy atom. The molecule has 1 saturated carbocycles. The molecule has 3 aromatic carbocycles. The van der Waals surface area contributed by atoms with Crippen LogP contribution in [0.5, 0.6) is 0 Å². The molecule has 5 N–H and O–H groups in total. The third-order valence-electron chi connectivity index (χ3n) is 7.73. The molecule has 1 aliphatic heterocycles.